The van der Waals surface area contributed by atoms with Gasteiger partial charge in [-0.05, 0) is 36.8 Å². The van der Waals surface area contributed by atoms with Crippen LogP contribution in [0.4, 0.5) is 11.6 Å². The maximum Gasteiger partial charge on any atom is 0.274 e. The number of carbonyl (C=O) groups is 1. The number of benzene rings is 1. The van der Waals surface area contributed by atoms with Crippen LogP contribution in [0.1, 0.15) is 21.6 Å². The van der Waals surface area contributed by atoms with Gasteiger partial charge in [-0.1, -0.05) is 23.8 Å². The predicted molar refractivity (Wildman–Crippen MR) is 92.7 cm³/mol. The summed E-state index contributed by atoms with van der Waals surface area (Å²) in [6, 6.07) is 13.0. The summed E-state index contributed by atoms with van der Waals surface area (Å²) in [5.41, 5.74) is 3.18. The van der Waals surface area contributed by atoms with Crippen LogP contribution < -0.4 is 10.6 Å². The quantitative estimate of drug-likeness (QED) is 0.755. The van der Waals surface area contributed by atoms with E-state index >= 15 is 0 Å². The van der Waals surface area contributed by atoms with Crippen molar-refractivity contribution in [2.75, 3.05) is 10.6 Å². The highest BCUT2D eigenvalue weighted by atomic mass is 16.1. The third-order valence-electron chi connectivity index (χ3n) is 3.37. The van der Waals surface area contributed by atoms with Gasteiger partial charge in [0.15, 0.2) is 0 Å². The van der Waals surface area contributed by atoms with Gasteiger partial charge in [-0.3, -0.25) is 9.78 Å². The number of pyridine rings is 1. The molecule has 6 heteroatoms. The Hall–Kier alpha value is -3.28. The standard InChI is InChI=1S/C18H17N5O/c1-13-4-6-15(7-5-13)22-17(24)16-8-10-20-18(23-16)21-12-14-3-2-9-19-11-14/h2-11H,12H2,1H3,(H,22,24)(H,20,21,23). The Labute approximate surface area is 140 Å². The fourth-order valence-electron chi connectivity index (χ4n) is 2.09. The zero-order valence-corrected chi connectivity index (χ0v) is 13.2. The minimum atomic E-state index is -0.273. The molecule has 0 spiro atoms. The Morgan fingerprint density at radius 2 is 1.92 bits per heavy atom. The van der Waals surface area contributed by atoms with Crippen LogP contribution in [0.15, 0.2) is 61.1 Å². The monoisotopic (exact) mass is 319 g/mol. The van der Waals surface area contributed by atoms with Crippen molar-refractivity contribution >= 4 is 17.5 Å². The fourth-order valence-corrected chi connectivity index (χ4v) is 2.09. The third kappa shape index (κ3) is 4.13. The summed E-state index contributed by atoms with van der Waals surface area (Å²) in [5, 5.41) is 5.90. The van der Waals surface area contributed by atoms with E-state index in [9.17, 15) is 4.79 Å². The average Bonchev–Trinajstić information content (AvgIpc) is 2.63. The average molecular weight is 319 g/mol. The summed E-state index contributed by atoms with van der Waals surface area (Å²) in [7, 11) is 0. The van der Waals surface area contributed by atoms with E-state index in [1.165, 1.54) is 0 Å². The van der Waals surface area contributed by atoms with Gasteiger partial charge in [0.2, 0.25) is 5.95 Å². The van der Waals surface area contributed by atoms with Crippen LogP contribution in [-0.4, -0.2) is 20.9 Å². The highest BCUT2D eigenvalue weighted by molar-refractivity contribution is 6.02. The Bertz CT molecular complexity index is 818. The third-order valence-corrected chi connectivity index (χ3v) is 3.37. The molecule has 0 saturated heterocycles. The number of amides is 1. The molecule has 0 aliphatic carbocycles. The molecule has 0 unspecified atom stereocenters. The first-order chi connectivity index (χ1) is 11.7. The largest absolute Gasteiger partial charge is 0.350 e. The number of rotatable bonds is 5. The first kappa shape index (κ1) is 15.6. The number of hydrogen-bond donors (Lipinski definition) is 2. The molecule has 120 valence electrons. The van der Waals surface area contributed by atoms with Gasteiger partial charge in [0.1, 0.15) is 5.69 Å². The lowest BCUT2D eigenvalue weighted by atomic mass is 10.2. The van der Waals surface area contributed by atoms with E-state index in [1.807, 2.05) is 43.3 Å². The Balaban J connectivity index is 1.65. The summed E-state index contributed by atoms with van der Waals surface area (Å²) in [4.78, 5) is 24.7. The van der Waals surface area contributed by atoms with E-state index in [0.29, 0.717) is 18.2 Å². The van der Waals surface area contributed by atoms with E-state index in [2.05, 4.69) is 25.6 Å². The van der Waals surface area contributed by atoms with Gasteiger partial charge >= 0.3 is 0 Å². The highest BCUT2D eigenvalue weighted by Gasteiger charge is 2.09. The van der Waals surface area contributed by atoms with Crippen molar-refractivity contribution in [1.29, 1.82) is 0 Å². The molecule has 0 atom stereocenters. The molecular weight excluding hydrogens is 302 g/mol. The van der Waals surface area contributed by atoms with Crippen molar-refractivity contribution in [1.82, 2.24) is 15.0 Å². The van der Waals surface area contributed by atoms with Crippen LogP contribution in [0.25, 0.3) is 0 Å². The van der Waals surface area contributed by atoms with E-state index in [0.717, 1.165) is 16.8 Å². The van der Waals surface area contributed by atoms with Crippen LogP contribution in [0, 0.1) is 6.92 Å². The zero-order chi connectivity index (χ0) is 16.8. The van der Waals surface area contributed by atoms with Crippen LogP contribution in [0.2, 0.25) is 0 Å². The van der Waals surface area contributed by atoms with Gasteiger partial charge in [-0.15, -0.1) is 0 Å². The molecule has 3 aromatic rings. The van der Waals surface area contributed by atoms with E-state index in [4.69, 9.17) is 0 Å². The Morgan fingerprint density at radius 3 is 2.67 bits per heavy atom. The first-order valence-electron chi connectivity index (χ1n) is 7.54. The molecule has 2 heterocycles. The molecular formula is C18H17N5O. The van der Waals surface area contributed by atoms with E-state index in [-0.39, 0.29) is 5.91 Å². The van der Waals surface area contributed by atoms with Crippen molar-refractivity contribution in [3.05, 3.63) is 77.9 Å². The lowest BCUT2D eigenvalue weighted by Gasteiger charge is -2.07. The summed E-state index contributed by atoms with van der Waals surface area (Å²) >= 11 is 0. The van der Waals surface area contributed by atoms with Crippen LogP contribution in [-0.2, 0) is 6.54 Å². The lowest BCUT2D eigenvalue weighted by Crippen LogP contribution is -2.15. The van der Waals surface area contributed by atoms with Gasteiger partial charge in [0.25, 0.3) is 5.91 Å². The van der Waals surface area contributed by atoms with Crippen LogP contribution >= 0.6 is 0 Å². The van der Waals surface area contributed by atoms with E-state index in [1.54, 1.807) is 24.7 Å². The van der Waals surface area contributed by atoms with Crippen LogP contribution in [0.5, 0.6) is 0 Å². The number of nitrogens with zero attached hydrogens (tertiary/aromatic N) is 3. The smallest absolute Gasteiger partial charge is 0.274 e. The number of hydrogen-bond acceptors (Lipinski definition) is 5. The summed E-state index contributed by atoms with van der Waals surface area (Å²) in [5.74, 6) is 0.126. The maximum absolute atomic E-state index is 12.3. The SMILES string of the molecule is Cc1ccc(NC(=O)c2ccnc(NCc3cccnc3)n2)cc1. The maximum atomic E-state index is 12.3. The molecule has 1 amide bonds. The molecule has 0 saturated carbocycles. The number of anilines is 2. The molecule has 0 aliphatic rings. The van der Waals surface area contributed by atoms with Gasteiger partial charge in [-0.25, -0.2) is 9.97 Å². The van der Waals surface area contributed by atoms with Crippen molar-refractivity contribution in [3.8, 4) is 0 Å². The molecule has 0 fully saturated rings. The van der Waals surface area contributed by atoms with Gasteiger partial charge in [0, 0.05) is 30.8 Å². The molecule has 0 radical (unpaired) electrons. The number of carbonyl (C=O) groups excluding carboxylic acids is 1. The number of nitrogens with one attached hydrogen (secondary N) is 2. The minimum Gasteiger partial charge on any atom is -0.350 e. The molecule has 2 aromatic heterocycles. The van der Waals surface area contributed by atoms with Crippen molar-refractivity contribution in [3.63, 3.8) is 0 Å². The Kier molecular flexibility index (Phi) is 4.76. The molecule has 6 nitrogen and oxygen atoms in total. The fraction of sp³-hybridized carbons (Fsp3) is 0.111. The van der Waals surface area contributed by atoms with Crippen molar-refractivity contribution < 1.29 is 4.79 Å². The second-order valence-electron chi connectivity index (χ2n) is 5.30. The molecule has 0 bridgehead atoms. The summed E-state index contributed by atoms with van der Waals surface area (Å²) in [6.45, 7) is 2.53. The summed E-state index contributed by atoms with van der Waals surface area (Å²) < 4.78 is 0. The van der Waals surface area contributed by atoms with Gasteiger partial charge in [0.05, 0.1) is 0 Å². The first-order valence-corrected chi connectivity index (χ1v) is 7.54. The second-order valence-corrected chi connectivity index (χ2v) is 5.30. The Morgan fingerprint density at radius 1 is 1.08 bits per heavy atom. The summed E-state index contributed by atoms with van der Waals surface area (Å²) in [6.07, 6.45) is 5.04. The van der Waals surface area contributed by atoms with Crippen molar-refractivity contribution in [2.24, 2.45) is 0 Å². The minimum absolute atomic E-state index is 0.273. The van der Waals surface area contributed by atoms with Crippen molar-refractivity contribution in [2.45, 2.75) is 13.5 Å². The van der Waals surface area contributed by atoms with Gasteiger partial charge in [-0.2, -0.15) is 0 Å². The highest BCUT2D eigenvalue weighted by Crippen LogP contribution is 2.11. The normalized spacial score (nSPS) is 10.2. The zero-order valence-electron chi connectivity index (χ0n) is 13.2. The van der Waals surface area contributed by atoms with Crippen LogP contribution in [0.3, 0.4) is 0 Å². The van der Waals surface area contributed by atoms with Gasteiger partial charge < -0.3 is 10.6 Å². The lowest BCUT2D eigenvalue weighted by molar-refractivity contribution is 0.102. The molecule has 3 rings (SSSR count). The number of aryl methyl sites for hydroxylation is 1. The topological polar surface area (TPSA) is 79.8 Å². The molecule has 1 aromatic carbocycles. The molecule has 0 aliphatic heterocycles. The molecule has 2 N–H and O–H groups in total. The van der Waals surface area contributed by atoms with E-state index < -0.39 is 0 Å². The molecule has 24 heavy (non-hydrogen) atoms. The second kappa shape index (κ2) is 7.32. The number of aromatic nitrogens is 3. The predicted octanol–water partition coefficient (Wildman–Crippen LogP) is 3.04.